The molecular weight excluding hydrogens is 359 g/mol. The summed E-state index contributed by atoms with van der Waals surface area (Å²) in [4.78, 5) is 0. The van der Waals surface area contributed by atoms with Gasteiger partial charge in [-0.1, -0.05) is 46.3 Å². The average molecular weight is 368 g/mol. The van der Waals surface area contributed by atoms with E-state index < -0.39 is 11.2 Å². The molecular formula is C15H9BrClFN2O. The first-order valence-electron chi connectivity index (χ1n) is 6.13. The van der Waals surface area contributed by atoms with E-state index >= 15 is 0 Å². The summed E-state index contributed by atoms with van der Waals surface area (Å²) in [6, 6.07) is 13.9. The molecule has 106 valence electrons. The van der Waals surface area contributed by atoms with Crippen molar-refractivity contribution in [2.45, 2.75) is 5.38 Å². The molecule has 3 rings (SSSR count). The SMILES string of the molecule is Fc1ccc(Br)cc1-c1nnc(C(Cl)c2ccccc2)o1. The fourth-order valence-electron chi connectivity index (χ4n) is 1.87. The van der Waals surface area contributed by atoms with Gasteiger partial charge in [-0.3, -0.25) is 0 Å². The molecule has 3 nitrogen and oxygen atoms in total. The minimum atomic E-state index is -0.567. The van der Waals surface area contributed by atoms with Crippen LogP contribution in [0.15, 0.2) is 57.4 Å². The van der Waals surface area contributed by atoms with Gasteiger partial charge in [-0.2, -0.15) is 0 Å². The summed E-state index contributed by atoms with van der Waals surface area (Å²) in [5.74, 6) is -0.0955. The van der Waals surface area contributed by atoms with Gasteiger partial charge < -0.3 is 4.42 Å². The molecule has 0 saturated carbocycles. The molecule has 0 aliphatic heterocycles. The molecule has 0 saturated heterocycles. The third-order valence-corrected chi connectivity index (χ3v) is 3.84. The van der Waals surface area contributed by atoms with Gasteiger partial charge in [0.25, 0.3) is 5.89 Å². The number of halogens is 3. The molecule has 6 heteroatoms. The van der Waals surface area contributed by atoms with Crippen molar-refractivity contribution in [3.8, 4) is 11.5 Å². The Morgan fingerprint density at radius 3 is 2.62 bits per heavy atom. The highest BCUT2D eigenvalue weighted by Crippen LogP contribution is 2.31. The van der Waals surface area contributed by atoms with E-state index in [4.69, 9.17) is 16.0 Å². The third kappa shape index (κ3) is 2.99. The van der Waals surface area contributed by atoms with Crippen molar-refractivity contribution in [1.82, 2.24) is 10.2 Å². The summed E-state index contributed by atoms with van der Waals surface area (Å²) in [7, 11) is 0. The normalized spacial score (nSPS) is 12.3. The molecule has 0 spiro atoms. The van der Waals surface area contributed by atoms with Gasteiger partial charge in [0.15, 0.2) is 0 Å². The second-order valence-corrected chi connectivity index (χ2v) is 5.69. The Bertz CT molecular complexity index is 763. The van der Waals surface area contributed by atoms with Gasteiger partial charge in [-0.25, -0.2) is 4.39 Å². The topological polar surface area (TPSA) is 38.9 Å². The summed E-state index contributed by atoms with van der Waals surface area (Å²) in [6.45, 7) is 0. The van der Waals surface area contributed by atoms with Crippen LogP contribution in [-0.2, 0) is 0 Å². The molecule has 1 atom stereocenters. The first-order valence-corrected chi connectivity index (χ1v) is 7.36. The number of aromatic nitrogens is 2. The Kier molecular flexibility index (Phi) is 4.03. The third-order valence-electron chi connectivity index (χ3n) is 2.91. The molecule has 21 heavy (non-hydrogen) atoms. The Morgan fingerprint density at radius 1 is 1.10 bits per heavy atom. The highest BCUT2D eigenvalue weighted by Gasteiger charge is 2.20. The van der Waals surface area contributed by atoms with Crippen LogP contribution in [0, 0.1) is 5.82 Å². The maximum atomic E-state index is 13.8. The van der Waals surface area contributed by atoms with Crippen molar-refractivity contribution in [2.24, 2.45) is 0 Å². The molecule has 0 aliphatic carbocycles. The Hall–Kier alpha value is -1.72. The van der Waals surface area contributed by atoms with Crippen molar-refractivity contribution < 1.29 is 8.81 Å². The Morgan fingerprint density at radius 2 is 1.86 bits per heavy atom. The summed E-state index contributed by atoms with van der Waals surface area (Å²) in [5, 5.41) is 7.22. The monoisotopic (exact) mass is 366 g/mol. The lowest BCUT2D eigenvalue weighted by molar-refractivity contribution is 0.508. The van der Waals surface area contributed by atoms with Crippen LogP contribution in [0.25, 0.3) is 11.5 Å². The van der Waals surface area contributed by atoms with E-state index in [0.29, 0.717) is 0 Å². The molecule has 1 aromatic heterocycles. The Balaban J connectivity index is 1.95. The van der Waals surface area contributed by atoms with Gasteiger partial charge in [0.1, 0.15) is 11.2 Å². The smallest absolute Gasteiger partial charge is 0.250 e. The zero-order chi connectivity index (χ0) is 14.8. The molecule has 0 bridgehead atoms. The van der Waals surface area contributed by atoms with E-state index in [-0.39, 0.29) is 17.3 Å². The van der Waals surface area contributed by atoms with Gasteiger partial charge in [0.2, 0.25) is 5.89 Å². The standard InChI is InChI=1S/C15H9BrClFN2O/c16-10-6-7-12(18)11(8-10)14-19-20-15(21-14)13(17)9-4-2-1-3-5-9/h1-8,13H. The molecule has 0 radical (unpaired) electrons. The first kappa shape index (κ1) is 14.2. The second kappa shape index (κ2) is 5.95. The number of alkyl halides is 1. The highest BCUT2D eigenvalue weighted by molar-refractivity contribution is 9.10. The number of nitrogens with zero attached hydrogens (tertiary/aromatic N) is 2. The van der Waals surface area contributed by atoms with Crippen LogP contribution in [0.1, 0.15) is 16.8 Å². The van der Waals surface area contributed by atoms with Crippen molar-refractivity contribution >= 4 is 27.5 Å². The predicted molar refractivity (Wildman–Crippen MR) is 81.5 cm³/mol. The van der Waals surface area contributed by atoms with Crippen LogP contribution in [0.3, 0.4) is 0 Å². The van der Waals surface area contributed by atoms with Crippen molar-refractivity contribution in [3.05, 3.63) is 70.3 Å². The summed E-state index contributed by atoms with van der Waals surface area (Å²) < 4.78 is 20.0. The van der Waals surface area contributed by atoms with E-state index in [1.165, 1.54) is 6.07 Å². The number of rotatable bonds is 3. The van der Waals surface area contributed by atoms with E-state index in [9.17, 15) is 4.39 Å². The summed E-state index contributed by atoms with van der Waals surface area (Å²) in [5.41, 5.74) is 1.07. The number of hydrogen-bond acceptors (Lipinski definition) is 3. The van der Waals surface area contributed by atoms with Gasteiger partial charge in [-0.15, -0.1) is 21.8 Å². The van der Waals surface area contributed by atoms with Crippen LogP contribution in [-0.4, -0.2) is 10.2 Å². The maximum Gasteiger partial charge on any atom is 0.250 e. The lowest BCUT2D eigenvalue weighted by Gasteiger charge is -2.04. The maximum absolute atomic E-state index is 13.8. The van der Waals surface area contributed by atoms with E-state index in [1.807, 2.05) is 30.3 Å². The fraction of sp³-hybridized carbons (Fsp3) is 0.0667. The minimum Gasteiger partial charge on any atom is -0.419 e. The van der Waals surface area contributed by atoms with E-state index in [1.54, 1.807) is 12.1 Å². The lowest BCUT2D eigenvalue weighted by Crippen LogP contribution is -1.92. The van der Waals surface area contributed by atoms with Crippen LogP contribution in [0.4, 0.5) is 4.39 Å². The highest BCUT2D eigenvalue weighted by atomic mass is 79.9. The van der Waals surface area contributed by atoms with Gasteiger partial charge in [0.05, 0.1) is 5.56 Å². The zero-order valence-corrected chi connectivity index (χ0v) is 13.0. The van der Waals surface area contributed by atoms with E-state index in [0.717, 1.165) is 10.0 Å². The second-order valence-electron chi connectivity index (χ2n) is 4.34. The quantitative estimate of drug-likeness (QED) is 0.614. The van der Waals surface area contributed by atoms with Crippen LogP contribution in [0.5, 0.6) is 0 Å². The fourth-order valence-corrected chi connectivity index (χ4v) is 2.47. The first-order chi connectivity index (χ1) is 10.1. The van der Waals surface area contributed by atoms with Gasteiger partial charge in [-0.05, 0) is 23.8 Å². The van der Waals surface area contributed by atoms with Crippen molar-refractivity contribution in [1.29, 1.82) is 0 Å². The summed E-state index contributed by atoms with van der Waals surface area (Å²) in [6.07, 6.45) is 0. The average Bonchev–Trinajstić information content (AvgIpc) is 2.99. The number of hydrogen-bond donors (Lipinski definition) is 0. The molecule has 2 aromatic carbocycles. The minimum absolute atomic E-state index is 0.102. The Labute approximate surface area is 133 Å². The van der Waals surface area contributed by atoms with Gasteiger partial charge >= 0.3 is 0 Å². The molecule has 0 fully saturated rings. The molecule has 0 N–H and O–H groups in total. The van der Waals surface area contributed by atoms with Crippen LogP contribution >= 0.6 is 27.5 Å². The molecule has 1 heterocycles. The largest absolute Gasteiger partial charge is 0.419 e. The zero-order valence-electron chi connectivity index (χ0n) is 10.6. The van der Waals surface area contributed by atoms with Crippen molar-refractivity contribution in [3.63, 3.8) is 0 Å². The number of benzene rings is 2. The molecule has 1 unspecified atom stereocenters. The molecule has 0 aliphatic rings. The summed E-state index contributed by atoms with van der Waals surface area (Å²) >= 11 is 9.59. The predicted octanol–water partition coefficient (Wildman–Crippen LogP) is 4.97. The van der Waals surface area contributed by atoms with Crippen molar-refractivity contribution in [2.75, 3.05) is 0 Å². The molecule has 3 aromatic rings. The van der Waals surface area contributed by atoms with Crippen LogP contribution in [0.2, 0.25) is 0 Å². The van der Waals surface area contributed by atoms with Gasteiger partial charge in [0, 0.05) is 4.47 Å². The van der Waals surface area contributed by atoms with E-state index in [2.05, 4.69) is 26.1 Å². The molecule has 0 amide bonds. The van der Waals surface area contributed by atoms with Crippen LogP contribution < -0.4 is 0 Å². The lowest BCUT2D eigenvalue weighted by atomic mass is 10.1.